The maximum atomic E-state index is 11.5. The number of aliphatic carboxylic acids is 1. The molecule has 1 rings (SSSR count). The van der Waals surface area contributed by atoms with Crippen LogP contribution in [0.25, 0.3) is 0 Å². The molecule has 0 aromatic heterocycles. The summed E-state index contributed by atoms with van der Waals surface area (Å²) in [7, 11) is 0. The summed E-state index contributed by atoms with van der Waals surface area (Å²) in [5.74, 6) is -0.871. The van der Waals surface area contributed by atoms with Crippen LogP contribution in [0.3, 0.4) is 0 Å². The Bertz CT molecular complexity index is 411. The molecular weight excluding hydrogens is 360 g/mol. The number of unbranched alkanes of at least 4 members (excludes halogenated alkanes) is 3. The van der Waals surface area contributed by atoms with Crippen molar-refractivity contribution in [3.8, 4) is 0 Å². The van der Waals surface area contributed by atoms with Gasteiger partial charge in [-0.1, -0.05) is 66.2 Å². The van der Waals surface area contributed by atoms with E-state index in [0.717, 1.165) is 32.2 Å². The summed E-state index contributed by atoms with van der Waals surface area (Å²) in [6, 6.07) is 0. The first-order chi connectivity index (χ1) is 14.0. The van der Waals surface area contributed by atoms with Crippen LogP contribution in [0, 0.1) is 5.41 Å². The van der Waals surface area contributed by atoms with E-state index in [4.69, 9.17) is 0 Å². The Hall–Kier alpha value is -0.610. The van der Waals surface area contributed by atoms with Gasteiger partial charge in [0.15, 0.2) is 0 Å². The van der Waals surface area contributed by atoms with Crippen LogP contribution < -0.4 is 10.4 Å². The summed E-state index contributed by atoms with van der Waals surface area (Å²) in [5.41, 5.74) is -0.0982. The average Bonchev–Trinajstić information content (AvgIpc) is 2.71. The van der Waals surface area contributed by atoms with E-state index >= 15 is 0 Å². The van der Waals surface area contributed by atoms with Crippen molar-refractivity contribution < 1.29 is 14.4 Å². The van der Waals surface area contributed by atoms with Crippen LogP contribution in [0.1, 0.15) is 118 Å². The van der Waals surface area contributed by atoms with Gasteiger partial charge in [0.2, 0.25) is 0 Å². The molecule has 0 amide bonds. The summed E-state index contributed by atoms with van der Waals surface area (Å²) >= 11 is 0. The summed E-state index contributed by atoms with van der Waals surface area (Å²) < 4.78 is 1.19. The van der Waals surface area contributed by atoms with E-state index in [-0.39, 0.29) is 11.8 Å². The zero-order valence-electron chi connectivity index (χ0n) is 20.1. The van der Waals surface area contributed by atoms with Crippen LogP contribution in [-0.4, -0.2) is 42.8 Å². The minimum absolute atomic E-state index is 0.0982. The highest BCUT2D eigenvalue weighted by atomic mass is 16.4. The third-order valence-corrected chi connectivity index (χ3v) is 7.24. The highest BCUT2D eigenvalue weighted by Crippen LogP contribution is 2.39. The van der Waals surface area contributed by atoms with Crippen LogP contribution in [-0.2, 0) is 4.79 Å². The van der Waals surface area contributed by atoms with Crippen molar-refractivity contribution in [3.05, 3.63) is 0 Å². The zero-order chi connectivity index (χ0) is 21.6. The molecule has 1 atom stereocenters. The predicted molar refractivity (Wildman–Crippen MR) is 121 cm³/mol. The molecule has 4 heteroatoms. The highest BCUT2D eigenvalue weighted by Gasteiger charge is 2.38. The molecule has 29 heavy (non-hydrogen) atoms. The van der Waals surface area contributed by atoms with E-state index in [1.807, 2.05) is 0 Å². The molecule has 0 bridgehead atoms. The Morgan fingerprint density at radius 1 is 0.897 bits per heavy atom. The number of carbonyl (C=O) groups is 1. The van der Waals surface area contributed by atoms with Gasteiger partial charge in [-0.3, -0.25) is 5.32 Å². The molecule has 0 aliphatic heterocycles. The molecule has 0 aromatic carbocycles. The Balaban J connectivity index is 3.04. The van der Waals surface area contributed by atoms with Gasteiger partial charge in [-0.2, -0.15) is 0 Å². The number of hydrogen-bond acceptors (Lipinski definition) is 3. The molecule has 0 heterocycles. The third-order valence-electron chi connectivity index (χ3n) is 7.24. The lowest BCUT2D eigenvalue weighted by Gasteiger charge is -2.48. The van der Waals surface area contributed by atoms with Crippen molar-refractivity contribution in [1.82, 2.24) is 5.32 Å². The third kappa shape index (κ3) is 8.96. The lowest BCUT2D eigenvalue weighted by molar-refractivity contribution is -0.955. The molecule has 1 saturated carbocycles. The number of carboxylic acids is 1. The Labute approximate surface area is 181 Å². The van der Waals surface area contributed by atoms with E-state index in [1.54, 1.807) is 0 Å². The summed E-state index contributed by atoms with van der Waals surface area (Å²) in [4.78, 5) is 11.5. The molecular formula is C25H50N2O2. The van der Waals surface area contributed by atoms with Crippen molar-refractivity contribution in [2.75, 3.05) is 26.2 Å². The second-order valence-corrected chi connectivity index (χ2v) is 9.74. The average molecular weight is 411 g/mol. The maximum Gasteiger partial charge on any atom is 0.142 e. The molecule has 0 aromatic rings. The first kappa shape index (κ1) is 26.4. The lowest BCUT2D eigenvalue weighted by Crippen LogP contribution is -2.63. The van der Waals surface area contributed by atoms with Crippen molar-refractivity contribution >= 4 is 5.97 Å². The largest absolute Gasteiger partial charge is 0.550 e. The molecule has 0 spiro atoms. The molecule has 1 aliphatic rings. The van der Waals surface area contributed by atoms with Gasteiger partial charge in [-0.15, -0.1) is 0 Å². The number of hydrogen-bond donors (Lipinski definition) is 1. The van der Waals surface area contributed by atoms with Gasteiger partial charge in [0.05, 0.1) is 19.6 Å². The van der Waals surface area contributed by atoms with Gasteiger partial charge >= 0.3 is 0 Å². The topological polar surface area (TPSA) is 52.2 Å². The van der Waals surface area contributed by atoms with Crippen LogP contribution in [0.5, 0.6) is 0 Å². The van der Waals surface area contributed by atoms with Crippen LogP contribution in [0.15, 0.2) is 0 Å². The highest BCUT2D eigenvalue weighted by molar-refractivity contribution is 5.65. The van der Waals surface area contributed by atoms with Gasteiger partial charge in [-0.25, -0.2) is 0 Å². The minimum atomic E-state index is -0.871. The summed E-state index contributed by atoms with van der Waals surface area (Å²) in [6.07, 6.45) is 16.2. The normalized spacial score (nSPS) is 17.9. The van der Waals surface area contributed by atoms with E-state index < -0.39 is 5.97 Å². The van der Waals surface area contributed by atoms with Crippen molar-refractivity contribution in [2.24, 2.45) is 5.41 Å². The molecule has 0 saturated heterocycles. The summed E-state index contributed by atoms with van der Waals surface area (Å²) in [6.45, 7) is 13.8. The van der Waals surface area contributed by atoms with E-state index in [0.29, 0.717) is 6.17 Å². The molecule has 172 valence electrons. The van der Waals surface area contributed by atoms with Crippen LogP contribution in [0.2, 0.25) is 0 Å². The zero-order valence-corrected chi connectivity index (χ0v) is 20.1. The van der Waals surface area contributed by atoms with Crippen molar-refractivity contribution in [3.63, 3.8) is 0 Å². The second-order valence-electron chi connectivity index (χ2n) is 9.74. The monoisotopic (exact) mass is 410 g/mol. The van der Waals surface area contributed by atoms with Crippen molar-refractivity contribution in [2.45, 2.75) is 124 Å². The van der Waals surface area contributed by atoms with Crippen LogP contribution in [0.4, 0.5) is 0 Å². The smallest absolute Gasteiger partial charge is 0.142 e. The van der Waals surface area contributed by atoms with Crippen LogP contribution >= 0.6 is 0 Å². The summed E-state index contributed by atoms with van der Waals surface area (Å²) in [5, 5.41) is 15.5. The maximum absolute atomic E-state index is 11.5. The fourth-order valence-electron chi connectivity index (χ4n) is 5.42. The Morgan fingerprint density at radius 2 is 1.41 bits per heavy atom. The van der Waals surface area contributed by atoms with E-state index in [2.05, 4.69) is 33.0 Å². The Kier molecular flexibility index (Phi) is 13.1. The quantitative estimate of drug-likeness (QED) is 0.271. The lowest BCUT2D eigenvalue weighted by atomic mass is 9.71. The number of rotatable bonds is 17. The minimum Gasteiger partial charge on any atom is -0.550 e. The van der Waals surface area contributed by atoms with E-state index in [9.17, 15) is 9.90 Å². The van der Waals surface area contributed by atoms with Gasteiger partial charge in [-0.05, 0) is 50.4 Å². The van der Waals surface area contributed by atoms with Gasteiger partial charge in [0.1, 0.15) is 6.17 Å². The van der Waals surface area contributed by atoms with Gasteiger partial charge in [0.25, 0.3) is 0 Å². The fraction of sp³-hybridized carbons (Fsp3) is 0.960. The Morgan fingerprint density at radius 3 is 1.83 bits per heavy atom. The molecule has 1 fully saturated rings. The molecule has 1 unspecified atom stereocenters. The molecule has 4 nitrogen and oxygen atoms in total. The van der Waals surface area contributed by atoms with Crippen molar-refractivity contribution in [1.29, 1.82) is 0 Å². The van der Waals surface area contributed by atoms with E-state index in [1.165, 1.54) is 81.9 Å². The number of carbonyl (C=O) groups excluding carboxylic acids is 1. The number of nitrogens with one attached hydrogen (secondary N) is 1. The first-order valence-electron chi connectivity index (χ1n) is 12.8. The fourth-order valence-corrected chi connectivity index (χ4v) is 5.42. The number of nitrogens with zero attached hydrogens (tertiary/aromatic N) is 1. The molecule has 1 aliphatic carbocycles. The van der Waals surface area contributed by atoms with Gasteiger partial charge in [0, 0.05) is 18.9 Å². The number of quaternary nitrogens is 1. The second kappa shape index (κ2) is 14.4. The number of carboxylic acid groups (broad SMARTS) is 1. The predicted octanol–water partition coefficient (Wildman–Crippen LogP) is 5.01. The SMILES string of the molecule is CCCC[N+](CCCC)(CCCC)C(CCC)NCC1(CC(=O)[O-])CCCCC1. The standard InChI is InChI=1S/C25H50N2O2/c1-5-9-18-27(19-10-6-2,20-11-7-3)23(15-8-4)26-22-25(21-24(28)29)16-13-12-14-17-25/h23,26H,5-22H2,1-4H3. The molecule has 1 N–H and O–H groups in total. The molecule has 0 radical (unpaired) electrons. The first-order valence-corrected chi connectivity index (χ1v) is 12.8. The van der Waals surface area contributed by atoms with Gasteiger partial charge < -0.3 is 14.4 Å².